The number of piperazine rings is 1. The molecule has 0 atom stereocenters. The standard InChI is InChI=1S/C18H18FN3O3/c1-13-2-4-14(5-3-13)18(23)21-10-8-20(9-11-21)16-7-6-15(19)12-17(16)22(24)25/h2-7,12H,8-11H2,1H3. The first-order valence-electron chi connectivity index (χ1n) is 8.00. The Hall–Kier alpha value is -2.96. The second-order valence-electron chi connectivity index (χ2n) is 6.04. The van der Waals surface area contributed by atoms with Crippen molar-refractivity contribution < 1.29 is 14.1 Å². The summed E-state index contributed by atoms with van der Waals surface area (Å²) in [5.41, 5.74) is 1.85. The van der Waals surface area contributed by atoms with Crippen LogP contribution in [-0.4, -0.2) is 41.9 Å². The summed E-state index contributed by atoms with van der Waals surface area (Å²) in [6.07, 6.45) is 0. The van der Waals surface area contributed by atoms with Crippen LogP contribution in [0.25, 0.3) is 0 Å². The van der Waals surface area contributed by atoms with Crippen LogP contribution in [0.2, 0.25) is 0 Å². The lowest BCUT2D eigenvalue weighted by Crippen LogP contribution is -2.49. The quantitative estimate of drug-likeness (QED) is 0.635. The van der Waals surface area contributed by atoms with Gasteiger partial charge in [0.25, 0.3) is 11.6 Å². The summed E-state index contributed by atoms with van der Waals surface area (Å²) in [7, 11) is 0. The van der Waals surface area contributed by atoms with E-state index in [-0.39, 0.29) is 11.6 Å². The molecule has 1 aliphatic heterocycles. The molecule has 130 valence electrons. The topological polar surface area (TPSA) is 66.7 Å². The minimum Gasteiger partial charge on any atom is -0.362 e. The van der Waals surface area contributed by atoms with Gasteiger partial charge in [0.1, 0.15) is 11.5 Å². The number of nitrogens with zero attached hydrogens (tertiary/aromatic N) is 3. The van der Waals surface area contributed by atoms with Crippen LogP contribution in [-0.2, 0) is 0 Å². The molecular formula is C18H18FN3O3. The van der Waals surface area contributed by atoms with Crippen molar-refractivity contribution >= 4 is 17.3 Å². The molecule has 25 heavy (non-hydrogen) atoms. The Kier molecular flexibility index (Phi) is 4.65. The van der Waals surface area contributed by atoms with Gasteiger partial charge in [0.2, 0.25) is 0 Å². The van der Waals surface area contributed by atoms with Crippen molar-refractivity contribution in [2.75, 3.05) is 31.1 Å². The molecule has 0 aromatic heterocycles. The highest BCUT2D eigenvalue weighted by Crippen LogP contribution is 2.29. The summed E-state index contributed by atoms with van der Waals surface area (Å²) in [4.78, 5) is 26.6. The van der Waals surface area contributed by atoms with Crippen molar-refractivity contribution in [2.45, 2.75) is 6.92 Å². The highest BCUT2D eigenvalue weighted by molar-refractivity contribution is 5.94. The zero-order valence-electron chi connectivity index (χ0n) is 13.8. The molecule has 1 fully saturated rings. The van der Waals surface area contributed by atoms with Gasteiger partial charge < -0.3 is 9.80 Å². The van der Waals surface area contributed by atoms with E-state index in [1.54, 1.807) is 17.0 Å². The van der Waals surface area contributed by atoms with Crippen molar-refractivity contribution in [3.05, 3.63) is 69.5 Å². The smallest absolute Gasteiger partial charge is 0.295 e. The van der Waals surface area contributed by atoms with Crippen molar-refractivity contribution in [2.24, 2.45) is 0 Å². The average Bonchev–Trinajstić information content (AvgIpc) is 2.62. The molecule has 1 aliphatic rings. The first-order valence-corrected chi connectivity index (χ1v) is 8.00. The fraction of sp³-hybridized carbons (Fsp3) is 0.278. The number of nitro benzene ring substituents is 1. The number of halogens is 1. The molecule has 0 saturated carbocycles. The van der Waals surface area contributed by atoms with Gasteiger partial charge in [-0.3, -0.25) is 14.9 Å². The summed E-state index contributed by atoms with van der Waals surface area (Å²) < 4.78 is 13.3. The average molecular weight is 343 g/mol. The van der Waals surface area contributed by atoms with Crippen molar-refractivity contribution in [3.63, 3.8) is 0 Å². The molecule has 0 bridgehead atoms. The fourth-order valence-corrected chi connectivity index (χ4v) is 2.94. The Morgan fingerprint density at radius 1 is 1.08 bits per heavy atom. The minimum atomic E-state index is -0.636. The molecule has 6 nitrogen and oxygen atoms in total. The predicted octanol–water partition coefficient (Wildman–Crippen LogP) is 3.00. The highest BCUT2D eigenvalue weighted by atomic mass is 19.1. The maximum Gasteiger partial charge on any atom is 0.295 e. The van der Waals surface area contributed by atoms with Gasteiger partial charge in [-0.25, -0.2) is 4.39 Å². The maximum atomic E-state index is 13.3. The van der Waals surface area contributed by atoms with Gasteiger partial charge >= 0.3 is 0 Å². The molecule has 7 heteroatoms. The van der Waals surface area contributed by atoms with Crippen LogP contribution >= 0.6 is 0 Å². The number of amides is 1. The van der Waals surface area contributed by atoms with Crippen LogP contribution in [0.3, 0.4) is 0 Å². The summed E-state index contributed by atoms with van der Waals surface area (Å²) in [5.74, 6) is -0.683. The molecule has 0 spiro atoms. The summed E-state index contributed by atoms with van der Waals surface area (Å²) in [5, 5.41) is 11.1. The lowest BCUT2D eigenvalue weighted by Gasteiger charge is -2.35. The Bertz CT molecular complexity index is 800. The number of anilines is 1. The van der Waals surface area contributed by atoms with Crippen molar-refractivity contribution in [3.8, 4) is 0 Å². The number of carbonyl (C=O) groups is 1. The van der Waals surface area contributed by atoms with Crippen LogP contribution in [0.4, 0.5) is 15.8 Å². The van der Waals surface area contributed by atoms with Crippen LogP contribution < -0.4 is 4.90 Å². The van der Waals surface area contributed by atoms with Crippen LogP contribution in [0, 0.1) is 22.9 Å². The van der Waals surface area contributed by atoms with E-state index in [0.29, 0.717) is 37.4 Å². The zero-order chi connectivity index (χ0) is 18.0. The number of rotatable bonds is 3. The Balaban J connectivity index is 1.71. The van der Waals surface area contributed by atoms with E-state index in [1.807, 2.05) is 24.0 Å². The van der Waals surface area contributed by atoms with E-state index in [1.165, 1.54) is 12.1 Å². The van der Waals surface area contributed by atoms with E-state index < -0.39 is 10.7 Å². The van der Waals surface area contributed by atoms with Gasteiger partial charge in [0, 0.05) is 31.7 Å². The van der Waals surface area contributed by atoms with Crippen LogP contribution in [0.15, 0.2) is 42.5 Å². The number of nitro groups is 1. The van der Waals surface area contributed by atoms with E-state index in [4.69, 9.17) is 0 Å². The summed E-state index contributed by atoms with van der Waals surface area (Å²) >= 11 is 0. The SMILES string of the molecule is Cc1ccc(C(=O)N2CCN(c3ccc(F)cc3[N+](=O)[O-])CC2)cc1. The number of hydrogen-bond donors (Lipinski definition) is 0. The molecule has 2 aromatic rings. The number of carbonyl (C=O) groups excluding carboxylic acids is 1. The van der Waals surface area contributed by atoms with Crippen LogP contribution in [0.5, 0.6) is 0 Å². The monoisotopic (exact) mass is 343 g/mol. The molecule has 0 radical (unpaired) electrons. The molecule has 0 unspecified atom stereocenters. The summed E-state index contributed by atoms with van der Waals surface area (Å²) in [6, 6.07) is 11.0. The molecule has 1 heterocycles. The fourth-order valence-electron chi connectivity index (χ4n) is 2.94. The van der Waals surface area contributed by atoms with Gasteiger partial charge in [0.05, 0.1) is 11.0 Å². The molecule has 1 amide bonds. The lowest BCUT2D eigenvalue weighted by molar-refractivity contribution is -0.384. The summed E-state index contributed by atoms with van der Waals surface area (Å²) in [6.45, 7) is 3.80. The first kappa shape index (κ1) is 16.9. The second kappa shape index (κ2) is 6.88. The lowest BCUT2D eigenvalue weighted by atomic mass is 10.1. The predicted molar refractivity (Wildman–Crippen MR) is 92.3 cm³/mol. The first-order chi connectivity index (χ1) is 12.0. The van der Waals surface area contributed by atoms with Gasteiger partial charge in [-0.15, -0.1) is 0 Å². The zero-order valence-corrected chi connectivity index (χ0v) is 13.8. The molecular weight excluding hydrogens is 325 g/mol. The molecule has 1 saturated heterocycles. The molecule has 0 aliphatic carbocycles. The normalized spacial score (nSPS) is 14.5. The number of benzene rings is 2. The van der Waals surface area contributed by atoms with Crippen molar-refractivity contribution in [1.82, 2.24) is 4.90 Å². The maximum absolute atomic E-state index is 13.3. The van der Waals surface area contributed by atoms with Gasteiger partial charge in [-0.1, -0.05) is 17.7 Å². The Morgan fingerprint density at radius 3 is 2.32 bits per heavy atom. The van der Waals surface area contributed by atoms with E-state index in [0.717, 1.165) is 11.6 Å². The third kappa shape index (κ3) is 3.60. The van der Waals surface area contributed by atoms with E-state index in [2.05, 4.69) is 0 Å². The van der Waals surface area contributed by atoms with Gasteiger partial charge in [-0.05, 0) is 31.2 Å². The third-order valence-corrected chi connectivity index (χ3v) is 4.34. The van der Waals surface area contributed by atoms with Crippen LogP contribution in [0.1, 0.15) is 15.9 Å². The minimum absolute atomic E-state index is 0.0479. The molecule has 2 aromatic carbocycles. The van der Waals surface area contributed by atoms with E-state index >= 15 is 0 Å². The van der Waals surface area contributed by atoms with Gasteiger partial charge in [-0.2, -0.15) is 0 Å². The molecule has 3 rings (SSSR count). The number of hydrogen-bond acceptors (Lipinski definition) is 4. The Labute approximate surface area is 144 Å². The van der Waals surface area contributed by atoms with Crippen molar-refractivity contribution in [1.29, 1.82) is 0 Å². The van der Waals surface area contributed by atoms with E-state index in [9.17, 15) is 19.3 Å². The molecule has 0 N–H and O–H groups in total. The van der Waals surface area contributed by atoms with Gasteiger partial charge in [0.15, 0.2) is 0 Å². The highest BCUT2D eigenvalue weighted by Gasteiger charge is 2.26. The Morgan fingerprint density at radius 2 is 1.72 bits per heavy atom. The third-order valence-electron chi connectivity index (χ3n) is 4.34. The second-order valence-corrected chi connectivity index (χ2v) is 6.04. The number of aryl methyl sites for hydroxylation is 1. The largest absolute Gasteiger partial charge is 0.362 e.